The molecule has 2 heterocycles. The first-order valence-corrected chi connectivity index (χ1v) is 7.46. The highest BCUT2D eigenvalue weighted by molar-refractivity contribution is 7.15. The SMILES string of the molecule is O=C(Cc1cn2ccsc2n1)NCCCCCCO. The molecule has 0 radical (unpaired) electrons. The Morgan fingerprint density at radius 3 is 3.00 bits per heavy atom. The minimum absolute atomic E-state index is 0.0212. The van der Waals surface area contributed by atoms with Gasteiger partial charge in [-0.05, 0) is 12.8 Å². The fourth-order valence-corrected chi connectivity index (χ4v) is 2.63. The first kappa shape index (κ1) is 14.0. The number of fused-ring (bicyclic) bond motifs is 1. The van der Waals surface area contributed by atoms with Gasteiger partial charge in [0.15, 0.2) is 4.96 Å². The normalized spacial score (nSPS) is 11.0. The van der Waals surface area contributed by atoms with Crippen LogP contribution in [-0.4, -0.2) is 33.6 Å². The third kappa shape index (κ3) is 4.33. The number of carbonyl (C=O) groups is 1. The van der Waals surface area contributed by atoms with Crippen LogP contribution in [0.4, 0.5) is 0 Å². The van der Waals surface area contributed by atoms with Crippen LogP contribution in [-0.2, 0) is 11.2 Å². The maximum atomic E-state index is 11.7. The standard InChI is InChI=1S/C13H19N3O2S/c17-7-4-2-1-3-5-14-12(18)9-11-10-16-6-8-19-13(16)15-11/h6,8,10,17H,1-5,7,9H2,(H,14,18). The van der Waals surface area contributed by atoms with Gasteiger partial charge in [-0.15, -0.1) is 11.3 Å². The van der Waals surface area contributed by atoms with Crippen molar-refractivity contribution in [3.63, 3.8) is 0 Å². The van der Waals surface area contributed by atoms with Crippen LogP contribution in [0.3, 0.4) is 0 Å². The van der Waals surface area contributed by atoms with Crippen molar-refractivity contribution in [3.8, 4) is 0 Å². The van der Waals surface area contributed by atoms with Gasteiger partial charge in [0.1, 0.15) is 0 Å². The molecule has 0 saturated heterocycles. The monoisotopic (exact) mass is 281 g/mol. The molecule has 1 amide bonds. The van der Waals surface area contributed by atoms with Crippen LogP contribution >= 0.6 is 11.3 Å². The summed E-state index contributed by atoms with van der Waals surface area (Å²) >= 11 is 1.56. The first-order valence-electron chi connectivity index (χ1n) is 6.58. The molecular formula is C13H19N3O2S. The molecule has 0 aromatic carbocycles. The van der Waals surface area contributed by atoms with E-state index in [0.717, 1.165) is 36.3 Å². The molecule has 0 aliphatic heterocycles. The van der Waals surface area contributed by atoms with Crippen LogP contribution in [0.1, 0.15) is 31.4 Å². The van der Waals surface area contributed by atoms with Gasteiger partial charge in [0.05, 0.1) is 12.1 Å². The van der Waals surface area contributed by atoms with E-state index in [9.17, 15) is 4.79 Å². The van der Waals surface area contributed by atoms with Crippen molar-refractivity contribution >= 4 is 22.2 Å². The summed E-state index contributed by atoms with van der Waals surface area (Å²) in [6.07, 6.45) is 8.04. The number of imidazole rings is 1. The zero-order valence-electron chi connectivity index (χ0n) is 10.8. The Balaban J connectivity index is 1.65. The fraction of sp³-hybridized carbons (Fsp3) is 0.538. The number of nitrogens with zero attached hydrogens (tertiary/aromatic N) is 2. The van der Waals surface area contributed by atoms with Crippen molar-refractivity contribution < 1.29 is 9.90 Å². The van der Waals surface area contributed by atoms with Crippen molar-refractivity contribution in [2.75, 3.05) is 13.2 Å². The lowest BCUT2D eigenvalue weighted by atomic mass is 10.2. The van der Waals surface area contributed by atoms with Crippen LogP contribution < -0.4 is 5.32 Å². The Kier molecular flexibility index (Phi) is 5.35. The Morgan fingerprint density at radius 2 is 2.21 bits per heavy atom. The number of hydrogen-bond donors (Lipinski definition) is 2. The van der Waals surface area contributed by atoms with E-state index in [2.05, 4.69) is 10.3 Å². The number of rotatable bonds is 8. The van der Waals surface area contributed by atoms with Gasteiger partial charge in [-0.2, -0.15) is 0 Å². The summed E-state index contributed by atoms with van der Waals surface area (Å²) in [6.45, 7) is 0.955. The maximum Gasteiger partial charge on any atom is 0.226 e. The minimum atomic E-state index is 0.0212. The van der Waals surface area contributed by atoms with E-state index in [1.165, 1.54) is 0 Å². The van der Waals surface area contributed by atoms with Crippen LogP contribution in [0.5, 0.6) is 0 Å². The molecule has 104 valence electrons. The van der Waals surface area contributed by atoms with E-state index in [1.807, 2.05) is 22.2 Å². The zero-order valence-corrected chi connectivity index (χ0v) is 11.7. The molecule has 0 aliphatic rings. The predicted octanol–water partition coefficient (Wildman–Crippen LogP) is 1.61. The zero-order chi connectivity index (χ0) is 13.5. The molecule has 2 N–H and O–H groups in total. The van der Waals surface area contributed by atoms with Gasteiger partial charge in [-0.3, -0.25) is 9.20 Å². The number of aliphatic hydroxyl groups is 1. The maximum absolute atomic E-state index is 11.7. The average molecular weight is 281 g/mol. The van der Waals surface area contributed by atoms with Crippen LogP contribution in [0.15, 0.2) is 17.8 Å². The van der Waals surface area contributed by atoms with E-state index in [-0.39, 0.29) is 12.5 Å². The van der Waals surface area contributed by atoms with E-state index in [4.69, 9.17) is 5.11 Å². The Hall–Kier alpha value is -1.40. The summed E-state index contributed by atoms with van der Waals surface area (Å²) in [5, 5.41) is 13.5. The quantitative estimate of drug-likeness (QED) is 0.722. The van der Waals surface area contributed by atoms with Gasteiger partial charge in [-0.1, -0.05) is 12.8 Å². The van der Waals surface area contributed by atoms with Crippen molar-refractivity contribution in [2.24, 2.45) is 0 Å². The lowest BCUT2D eigenvalue weighted by Crippen LogP contribution is -2.26. The average Bonchev–Trinajstić information content (AvgIpc) is 2.94. The third-order valence-electron chi connectivity index (χ3n) is 2.89. The van der Waals surface area contributed by atoms with E-state index in [1.54, 1.807) is 11.3 Å². The van der Waals surface area contributed by atoms with E-state index >= 15 is 0 Å². The summed E-state index contributed by atoms with van der Waals surface area (Å²) in [5.41, 5.74) is 0.810. The largest absolute Gasteiger partial charge is 0.396 e. The number of unbranched alkanes of at least 4 members (excludes halogenated alkanes) is 3. The summed E-state index contributed by atoms with van der Waals surface area (Å²) in [5.74, 6) is 0.0212. The van der Waals surface area contributed by atoms with Crippen molar-refractivity contribution in [1.82, 2.24) is 14.7 Å². The summed E-state index contributed by atoms with van der Waals surface area (Å²) in [6, 6.07) is 0. The molecule has 0 spiro atoms. The van der Waals surface area contributed by atoms with Crippen molar-refractivity contribution in [1.29, 1.82) is 0 Å². The molecule has 0 atom stereocenters. The molecule has 5 nitrogen and oxygen atoms in total. The summed E-state index contributed by atoms with van der Waals surface area (Å²) < 4.78 is 1.93. The Labute approximate surface area is 116 Å². The molecule has 2 aromatic heterocycles. The van der Waals surface area contributed by atoms with Gasteiger partial charge in [0, 0.05) is 30.9 Å². The molecule has 0 bridgehead atoms. The van der Waals surface area contributed by atoms with Gasteiger partial charge >= 0.3 is 0 Å². The van der Waals surface area contributed by atoms with Crippen LogP contribution in [0.2, 0.25) is 0 Å². The second kappa shape index (κ2) is 7.25. The molecule has 0 aliphatic carbocycles. The van der Waals surface area contributed by atoms with Gasteiger partial charge in [0.2, 0.25) is 5.91 Å². The van der Waals surface area contributed by atoms with Crippen molar-refractivity contribution in [3.05, 3.63) is 23.5 Å². The van der Waals surface area contributed by atoms with E-state index in [0.29, 0.717) is 13.0 Å². The Morgan fingerprint density at radius 1 is 1.37 bits per heavy atom. The predicted molar refractivity (Wildman–Crippen MR) is 75.3 cm³/mol. The number of aromatic nitrogens is 2. The highest BCUT2D eigenvalue weighted by atomic mass is 32.1. The van der Waals surface area contributed by atoms with Gasteiger partial charge < -0.3 is 10.4 Å². The summed E-state index contributed by atoms with van der Waals surface area (Å²) in [7, 11) is 0. The number of aliphatic hydroxyl groups excluding tert-OH is 1. The molecule has 0 saturated carbocycles. The Bertz CT molecular complexity index is 492. The highest BCUT2D eigenvalue weighted by Crippen LogP contribution is 2.11. The van der Waals surface area contributed by atoms with E-state index < -0.39 is 0 Å². The lowest BCUT2D eigenvalue weighted by Gasteiger charge is -2.03. The van der Waals surface area contributed by atoms with Gasteiger partial charge in [0.25, 0.3) is 0 Å². The molecule has 2 rings (SSSR count). The third-order valence-corrected chi connectivity index (χ3v) is 3.66. The molecule has 0 unspecified atom stereocenters. The number of amides is 1. The van der Waals surface area contributed by atoms with Gasteiger partial charge in [-0.25, -0.2) is 4.98 Å². The lowest BCUT2D eigenvalue weighted by molar-refractivity contribution is -0.120. The summed E-state index contributed by atoms with van der Waals surface area (Å²) in [4.78, 5) is 17.0. The second-order valence-electron chi connectivity index (χ2n) is 4.49. The molecular weight excluding hydrogens is 262 g/mol. The minimum Gasteiger partial charge on any atom is -0.396 e. The highest BCUT2D eigenvalue weighted by Gasteiger charge is 2.07. The number of nitrogens with one attached hydrogen (secondary N) is 1. The number of thiazole rings is 1. The fourth-order valence-electron chi connectivity index (χ4n) is 1.91. The molecule has 2 aromatic rings. The molecule has 0 fully saturated rings. The molecule has 6 heteroatoms. The topological polar surface area (TPSA) is 66.6 Å². The number of carbonyl (C=O) groups excluding carboxylic acids is 1. The molecule has 19 heavy (non-hydrogen) atoms. The second-order valence-corrected chi connectivity index (χ2v) is 5.36. The van der Waals surface area contributed by atoms with Crippen molar-refractivity contribution in [2.45, 2.75) is 32.1 Å². The van der Waals surface area contributed by atoms with Crippen LogP contribution in [0, 0.1) is 0 Å². The van der Waals surface area contributed by atoms with Crippen LogP contribution in [0.25, 0.3) is 4.96 Å². The number of hydrogen-bond acceptors (Lipinski definition) is 4. The smallest absolute Gasteiger partial charge is 0.226 e. The first-order chi connectivity index (χ1) is 9.29.